The van der Waals surface area contributed by atoms with Crippen molar-refractivity contribution in [2.45, 2.75) is 32.2 Å². The SMILES string of the molecule is COc1ccc(CCCC(=O)N2CCNCC2C)cc1. The van der Waals surface area contributed by atoms with E-state index in [1.807, 2.05) is 17.0 Å². The molecule has 1 aliphatic rings. The Morgan fingerprint density at radius 3 is 2.80 bits per heavy atom. The van der Waals surface area contributed by atoms with Crippen LogP contribution in [0.25, 0.3) is 0 Å². The van der Waals surface area contributed by atoms with E-state index in [2.05, 4.69) is 24.4 Å². The summed E-state index contributed by atoms with van der Waals surface area (Å²) in [6.45, 7) is 4.76. The molecule has 0 bridgehead atoms. The number of rotatable bonds is 5. The van der Waals surface area contributed by atoms with Gasteiger partial charge in [0, 0.05) is 32.1 Å². The number of hydrogen-bond donors (Lipinski definition) is 1. The molecule has 110 valence electrons. The second-order valence-corrected chi connectivity index (χ2v) is 5.34. The molecule has 0 radical (unpaired) electrons. The van der Waals surface area contributed by atoms with Crippen LogP contribution in [0.5, 0.6) is 5.75 Å². The van der Waals surface area contributed by atoms with Gasteiger partial charge in [0.25, 0.3) is 0 Å². The fourth-order valence-electron chi connectivity index (χ4n) is 2.59. The highest BCUT2D eigenvalue weighted by Crippen LogP contribution is 2.14. The average molecular weight is 276 g/mol. The Bertz CT molecular complexity index is 431. The molecule has 1 aromatic carbocycles. The molecule has 20 heavy (non-hydrogen) atoms. The maximum absolute atomic E-state index is 12.2. The van der Waals surface area contributed by atoms with E-state index in [1.54, 1.807) is 7.11 Å². The molecular weight excluding hydrogens is 252 g/mol. The van der Waals surface area contributed by atoms with Crippen molar-refractivity contribution in [2.75, 3.05) is 26.7 Å². The van der Waals surface area contributed by atoms with Crippen LogP contribution in [0.15, 0.2) is 24.3 Å². The average Bonchev–Trinajstić information content (AvgIpc) is 2.48. The third-order valence-electron chi connectivity index (χ3n) is 3.84. The molecule has 0 aromatic heterocycles. The molecule has 0 saturated carbocycles. The van der Waals surface area contributed by atoms with Crippen LogP contribution in [0, 0.1) is 0 Å². The quantitative estimate of drug-likeness (QED) is 0.892. The highest BCUT2D eigenvalue weighted by molar-refractivity contribution is 5.76. The molecule has 4 nitrogen and oxygen atoms in total. The zero-order valence-corrected chi connectivity index (χ0v) is 12.4. The first-order valence-corrected chi connectivity index (χ1v) is 7.34. The summed E-state index contributed by atoms with van der Waals surface area (Å²) >= 11 is 0. The van der Waals surface area contributed by atoms with E-state index in [9.17, 15) is 4.79 Å². The Kier molecular flexibility index (Phi) is 5.41. The topological polar surface area (TPSA) is 41.6 Å². The maximum atomic E-state index is 12.2. The summed E-state index contributed by atoms with van der Waals surface area (Å²) in [5, 5.41) is 3.31. The number of carbonyl (C=O) groups excluding carboxylic acids is 1. The van der Waals surface area contributed by atoms with Crippen molar-refractivity contribution in [3.8, 4) is 5.75 Å². The minimum Gasteiger partial charge on any atom is -0.497 e. The Balaban J connectivity index is 1.75. The highest BCUT2D eigenvalue weighted by atomic mass is 16.5. The van der Waals surface area contributed by atoms with Crippen molar-refractivity contribution in [1.29, 1.82) is 0 Å². The third-order valence-corrected chi connectivity index (χ3v) is 3.84. The summed E-state index contributed by atoms with van der Waals surface area (Å²) in [7, 11) is 1.67. The van der Waals surface area contributed by atoms with E-state index in [0.717, 1.165) is 38.2 Å². The number of ether oxygens (including phenoxy) is 1. The van der Waals surface area contributed by atoms with Crippen molar-refractivity contribution < 1.29 is 9.53 Å². The van der Waals surface area contributed by atoms with E-state index in [0.29, 0.717) is 12.5 Å². The summed E-state index contributed by atoms with van der Waals surface area (Å²) < 4.78 is 5.14. The van der Waals surface area contributed by atoms with Gasteiger partial charge in [0.05, 0.1) is 7.11 Å². The predicted octanol–water partition coefficient (Wildman–Crippen LogP) is 1.84. The Morgan fingerprint density at radius 1 is 1.40 bits per heavy atom. The second-order valence-electron chi connectivity index (χ2n) is 5.34. The lowest BCUT2D eigenvalue weighted by Crippen LogP contribution is -2.52. The highest BCUT2D eigenvalue weighted by Gasteiger charge is 2.22. The number of methoxy groups -OCH3 is 1. The molecule has 2 rings (SSSR count). The smallest absolute Gasteiger partial charge is 0.222 e. The lowest BCUT2D eigenvalue weighted by atomic mass is 10.1. The van der Waals surface area contributed by atoms with Crippen LogP contribution in [0.2, 0.25) is 0 Å². The molecular formula is C16H24N2O2. The molecule has 1 heterocycles. The van der Waals surface area contributed by atoms with Crippen LogP contribution >= 0.6 is 0 Å². The molecule has 0 spiro atoms. The number of hydrogen-bond acceptors (Lipinski definition) is 3. The van der Waals surface area contributed by atoms with Crippen molar-refractivity contribution in [3.05, 3.63) is 29.8 Å². The van der Waals surface area contributed by atoms with Gasteiger partial charge in [-0.1, -0.05) is 12.1 Å². The van der Waals surface area contributed by atoms with Crippen LogP contribution in [0.1, 0.15) is 25.3 Å². The minimum absolute atomic E-state index is 0.285. The largest absolute Gasteiger partial charge is 0.497 e. The van der Waals surface area contributed by atoms with Crippen molar-refractivity contribution >= 4 is 5.91 Å². The zero-order chi connectivity index (χ0) is 14.4. The Hall–Kier alpha value is -1.55. The van der Waals surface area contributed by atoms with Gasteiger partial charge < -0.3 is 15.0 Å². The molecule has 1 atom stereocenters. The normalized spacial score (nSPS) is 18.9. The number of piperazine rings is 1. The van der Waals surface area contributed by atoms with Gasteiger partial charge in [0.2, 0.25) is 5.91 Å². The van der Waals surface area contributed by atoms with Crippen LogP contribution in [-0.4, -0.2) is 43.6 Å². The van der Waals surface area contributed by atoms with E-state index in [4.69, 9.17) is 4.74 Å². The van der Waals surface area contributed by atoms with Gasteiger partial charge in [0.1, 0.15) is 5.75 Å². The predicted molar refractivity (Wildman–Crippen MR) is 80.0 cm³/mol. The lowest BCUT2D eigenvalue weighted by Gasteiger charge is -2.34. The molecule has 1 fully saturated rings. The van der Waals surface area contributed by atoms with E-state index in [-0.39, 0.29) is 5.91 Å². The number of aryl methyl sites for hydroxylation is 1. The molecule has 1 unspecified atom stereocenters. The summed E-state index contributed by atoms with van der Waals surface area (Å²) in [6.07, 6.45) is 2.48. The second kappa shape index (κ2) is 7.29. The summed E-state index contributed by atoms with van der Waals surface area (Å²) in [6, 6.07) is 8.38. The standard InChI is InChI=1S/C16H24N2O2/c1-13-12-17-10-11-18(13)16(19)5-3-4-14-6-8-15(20-2)9-7-14/h6-9,13,17H,3-5,10-12H2,1-2H3. The lowest BCUT2D eigenvalue weighted by molar-refractivity contribution is -0.134. The number of amides is 1. The van der Waals surface area contributed by atoms with Gasteiger partial charge in [-0.15, -0.1) is 0 Å². The van der Waals surface area contributed by atoms with Crippen LogP contribution in [0.4, 0.5) is 0 Å². The summed E-state index contributed by atoms with van der Waals surface area (Å²) in [5.41, 5.74) is 1.26. The number of carbonyl (C=O) groups is 1. The first-order valence-electron chi connectivity index (χ1n) is 7.34. The number of benzene rings is 1. The van der Waals surface area contributed by atoms with Crippen molar-refractivity contribution in [1.82, 2.24) is 10.2 Å². The third kappa shape index (κ3) is 3.97. The molecule has 4 heteroatoms. The van der Waals surface area contributed by atoms with Crippen LogP contribution < -0.4 is 10.1 Å². The van der Waals surface area contributed by atoms with Gasteiger partial charge >= 0.3 is 0 Å². The molecule has 1 amide bonds. The fraction of sp³-hybridized carbons (Fsp3) is 0.562. The molecule has 1 saturated heterocycles. The van der Waals surface area contributed by atoms with Gasteiger partial charge in [-0.25, -0.2) is 0 Å². The zero-order valence-electron chi connectivity index (χ0n) is 12.4. The van der Waals surface area contributed by atoms with Gasteiger partial charge in [-0.2, -0.15) is 0 Å². The molecule has 0 aliphatic carbocycles. The van der Waals surface area contributed by atoms with Gasteiger partial charge in [0.15, 0.2) is 0 Å². The Labute approximate surface area is 121 Å². The van der Waals surface area contributed by atoms with Crippen molar-refractivity contribution in [2.24, 2.45) is 0 Å². The van der Waals surface area contributed by atoms with Crippen molar-refractivity contribution in [3.63, 3.8) is 0 Å². The van der Waals surface area contributed by atoms with E-state index < -0.39 is 0 Å². The monoisotopic (exact) mass is 276 g/mol. The van der Waals surface area contributed by atoms with E-state index in [1.165, 1.54) is 5.56 Å². The Morgan fingerprint density at radius 2 is 2.15 bits per heavy atom. The molecule has 1 aromatic rings. The van der Waals surface area contributed by atoms with Crippen LogP contribution in [0.3, 0.4) is 0 Å². The van der Waals surface area contributed by atoms with Gasteiger partial charge in [-0.05, 0) is 37.5 Å². The molecule has 1 aliphatic heterocycles. The summed E-state index contributed by atoms with van der Waals surface area (Å²) in [4.78, 5) is 14.2. The van der Waals surface area contributed by atoms with Gasteiger partial charge in [-0.3, -0.25) is 4.79 Å². The summed E-state index contributed by atoms with van der Waals surface area (Å²) in [5.74, 6) is 1.16. The maximum Gasteiger partial charge on any atom is 0.222 e. The first kappa shape index (κ1) is 14.9. The number of nitrogens with zero attached hydrogens (tertiary/aromatic N) is 1. The van der Waals surface area contributed by atoms with E-state index >= 15 is 0 Å². The molecule has 1 N–H and O–H groups in total. The minimum atomic E-state index is 0.285. The first-order chi connectivity index (χ1) is 9.70. The van der Waals surface area contributed by atoms with Crippen LogP contribution in [-0.2, 0) is 11.2 Å². The fourth-order valence-corrected chi connectivity index (χ4v) is 2.59. The number of nitrogens with one attached hydrogen (secondary N) is 1.